The molecular formula is C16H21N3O3S. The topological polar surface area (TPSA) is 74.1 Å². The zero-order chi connectivity index (χ0) is 16.6. The SMILES string of the molecule is CC[C@H](C)OC(=O)Cn1nnc2sc3c(c2c1=O)CC[C@H](C)C3. The van der Waals surface area contributed by atoms with Gasteiger partial charge in [-0.1, -0.05) is 19.1 Å². The van der Waals surface area contributed by atoms with Crippen molar-refractivity contribution >= 4 is 27.5 Å². The molecule has 1 aliphatic carbocycles. The van der Waals surface area contributed by atoms with Crippen molar-refractivity contribution in [3.8, 4) is 0 Å². The lowest BCUT2D eigenvalue weighted by molar-refractivity contribution is -0.149. The van der Waals surface area contributed by atoms with Crippen molar-refractivity contribution < 1.29 is 9.53 Å². The van der Waals surface area contributed by atoms with E-state index >= 15 is 0 Å². The van der Waals surface area contributed by atoms with E-state index in [2.05, 4.69) is 17.2 Å². The molecule has 23 heavy (non-hydrogen) atoms. The quantitative estimate of drug-likeness (QED) is 0.802. The van der Waals surface area contributed by atoms with Gasteiger partial charge in [-0.3, -0.25) is 9.59 Å². The standard InChI is InChI=1S/C16H21N3O3S/c1-4-10(3)22-13(20)8-19-16(21)14-11-6-5-9(2)7-12(11)23-15(14)17-18-19/h9-10H,4-8H2,1-3H3/t9-,10-/m0/s1. The second-order valence-corrected chi connectivity index (χ2v) is 7.38. The number of carbonyl (C=O) groups excluding carboxylic acids is 1. The van der Waals surface area contributed by atoms with Crippen molar-refractivity contribution in [2.75, 3.05) is 0 Å². The molecular weight excluding hydrogens is 314 g/mol. The van der Waals surface area contributed by atoms with Gasteiger partial charge in [-0.25, -0.2) is 0 Å². The smallest absolute Gasteiger partial charge is 0.328 e. The largest absolute Gasteiger partial charge is 0.461 e. The number of thiophene rings is 1. The van der Waals surface area contributed by atoms with Crippen LogP contribution in [0.15, 0.2) is 4.79 Å². The average Bonchev–Trinajstić information content (AvgIpc) is 2.88. The zero-order valence-corrected chi connectivity index (χ0v) is 14.5. The lowest BCUT2D eigenvalue weighted by Gasteiger charge is -2.17. The summed E-state index contributed by atoms with van der Waals surface area (Å²) in [6.07, 6.45) is 3.55. The summed E-state index contributed by atoms with van der Waals surface area (Å²) >= 11 is 1.56. The lowest BCUT2D eigenvalue weighted by Crippen LogP contribution is -2.30. The van der Waals surface area contributed by atoms with Crippen LogP contribution in [0.25, 0.3) is 10.2 Å². The maximum atomic E-state index is 12.7. The maximum Gasteiger partial charge on any atom is 0.328 e. The molecule has 7 heteroatoms. The normalized spacial score (nSPS) is 18.7. The summed E-state index contributed by atoms with van der Waals surface area (Å²) in [6.45, 7) is 5.80. The fourth-order valence-electron chi connectivity index (χ4n) is 2.86. The molecule has 0 bridgehead atoms. The average molecular weight is 335 g/mol. The second-order valence-electron chi connectivity index (χ2n) is 6.29. The molecule has 124 valence electrons. The Hall–Kier alpha value is -1.76. The summed E-state index contributed by atoms with van der Waals surface area (Å²) < 4.78 is 6.34. The molecule has 2 heterocycles. The van der Waals surface area contributed by atoms with Crippen LogP contribution in [0.3, 0.4) is 0 Å². The van der Waals surface area contributed by atoms with E-state index in [0.717, 1.165) is 35.9 Å². The van der Waals surface area contributed by atoms with Crippen molar-refractivity contribution in [3.05, 3.63) is 20.8 Å². The van der Waals surface area contributed by atoms with Gasteiger partial charge < -0.3 is 4.74 Å². The molecule has 0 spiro atoms. The Morgan fingerprint density at radius 3 is 3.04 bits per heavy atom. The van der Waals surface area contributed by atoms with Crippen LogP contribution in [0.1, 0.15) is 44.1 Å². The van der Waals surface area contributed by atoms with Crippen LogP contribution in [0, 0.1) is 5.92 Å². The van der Waals surface area contributed by atoms with E-state index in [1.807, 2.05) is 13.8 Å². The van der Waals surface area contributed by atoms with Crippen LogP contribution in [0.4, 0.5) is 0 Å². The number of carbonyl (C=O) groups is 1. The van der Waals surface area contributed by atoms with Gasteiger partial charge in [-0.05, 0) is 44.1 Å². The number of hydrogen-bond donors (Lipinski definition) is 0. The van der Waals surface area contributed by atoms with Gasteiger partial charge in [0.15, 0.2) is 4.83 Å². The van der Waals surface area contributed by atoms with Gasteiger partial charge >= 0.3 is 5.97 Å². The van der Waals surface area contributed by atoms with E-state index in [0.29, 0.717) is 16.1 Å². The third-order valence-corrected chi connectivity index (χ3v) is 5.51. The van der Waals surface area contributed by atoms with Crippen molar-refractivity contribution in [3.63, 3.8) is 0 Å². The minimum Gasteiger partial charge on any atom is -0.461 e. The van der Waals surface area contributed by atoms with Crippen LogP contribution < -0.4 is 5.56 Å². The Bertz CT molecular complexity index is 796. The first kappa shape index (κ1) is 16.1. The highest BCUT2D eigenvalue weighted by Crippen LogP contribution is 2.35. The Kier molecular flexibility index (Phi) is 4.48. The van der Waals surface area contributed by atoms with Crippen LogP contribution >= 0.6 is 11.3 Å². The number of ether oxygens (including phenoxy) is 1. The molecule has 0 saturated carbocycles. The molecule has 0 saturated heterocycles. The number of nitrogens with zero attached hydrogens (tertiary/aromatic N) is 3. The molecule has 0 unspecified atom stereocenters. The fraction of sp³-hybridized carbons (Fsp3) is 0.625. The molecule has 2 atom stereocenters. The summed E-state index contributed by atoms with van der Waals surface area (Å²) in [5, 5.41) is 8.70. The third-order valence-electron chi connectivity index (χ3n) is 4.37. The summed E-state index contributed by atoms with van der Waals surface area (Å²) in [6, 6.07) is 0. The van der Waals surface area contributed by atoms with Gasteiger partial charge in [-0.15, -0.1) is 16.4 Å². The summed E-state index contributed by atoms with van der Waals surface area (Å²) in [5.41, 5.74) is 0.871. The third kappa shape index (κ3) is 3.15. The van der Waals surface area contributed by atoms with Crippen LogP contribution in [-0.2, 0) is 28.9 Å². The molecule has 0 aliphatic heterocycles. The molecule has 0 amide bonds. The summed E-state index contributed by atoms with van der Waals surface area (Å²) in [4.78, 5) is 26.5. The molecule has 0 radical (unpaired) electrons. The highest BCUT2D eigenvalue weighted by molar-refractivity contribution is 7.18. The molecule has 1 aliphatic rings. The highest BCUT2D eigenvalue weighted by Gasteiger charge is 2.24. The van der Waals surface area contributed by atoms with Gasteiger partial charge in [0.2, 0.25) is 0 Å². The number of fused-ring (bicyclic) bond motifs is 3. The van der Waals surface area contributed by atoms with Crippen LogP contribution in [0.5, 0.6) is 0 Å². The predicted octanol–water partition coefficient (Wildman–Crippen LogP) is 2.32. The van der Waals surface area contributed by atoms with E-state index in [4.69, 9.17) is 4.74 Å². The van der Waals surface area contributed by atoms with Crippen LogP contribution in [0.2, 0.25) is 0 Å². The summed E-state index contributed by atoms with van der Waals surface area (Å²) in [7, 11) is 0. The minimum absolute atomic E-state index is 0.162. The Morgan fingerprint density at radius 1 is 1.52 bits per heavy atom. The lowest BCUT2D eigenvalue weighted by atomic mass is 9.89. The molecule has 2 aromatic heterocycles. The molecule has 2 aromatic rings. The maximum absolute atomic E-state index is 12.7. The molecule has 0 aromatic carbocycles. The first-order valence-electron chi connectivity index (χ1n) is 8.07. The monoisotopic (exact) mass is 335 g/mol. The van der Waals surface area contributed by atoms with Gasteiger partial charge in [-0.2, -0.15) is 4.68 Å². The minimum atomic E-state index is -0.451. The van der Waals surface area contributed by atoms with Gasteiger partial charge in [0.25, 0.3) is 5.56 Å². The number of aromatic nitrogens is 3. The highest BCUT2D eigenvalue weighted by atomic mass is 32.1. The van der Waals surface area contributed by atoms with Gasteiger partial charge in [0.1, 0.15) is 6.54 Å². The van der Waals surface area contributed by atoms with Gasteiger partial charge in [0.05, 0.1) is 11.5 Å². The Labute approximate surface area is 138 Å². The predicted molar refractivity (Wildman–Crippen MR) is 88.7 cm³/mol. The summed E-state index contributed by atoms with van der Waals surface area (Å²) in [5.74, 6) is 0.184. The van der Waals surface area contributed by atoms with E-state index in [1.165, 1.54) is 4.88 Å². The zero-order valence-electron chi connectivity index (χ0n) is 13.7. The first-order valence-corrected chi connectivity index (χ1v) is 8.88. The Balaban J connectivity index is 1.93. The van der Waals surface area contributed by atoms with E-state index in [1.54, 1.807) is 11.3 Å². The van der Waals surface area contributed by atoms with Crippen LogP contribution in [-0.4, -0.2) is 27.1 Å². The van der Waals surface area contributed by atoms with E-state index in [-0.39, 0.29) is 18.2 Å². The van der Waals surface area contributed by atoms with E-state index < -0.39 is 5.97 Å². The van der Waals surface area contributed by atoms with Gasteiger partial charge in [0, 0.05) is 4.88 Å². The Morgan fingerprint density at radius 2 is 2.30 bits per heavy atom. The first-order chi connectivity index (χ1) is 11.0. The number of esters is 1. The van der Waals surface area contributed by atoms with Crippen molar-refractivity contribution in [1.29, 1.82) is 0 Å². The van der Waals surface area contributed by atoms with Crippen molar-refractivity contribution in [2.45, 2.75) is 59.1 Å². The van der Waals surface area contributed by atoms with E-state index in [9.17, 15) is 9.59 Å². The number of aryl methyl sites for hydroxylation is 1. The van der Waals surface area contributed by atoms with Crippen molar-refractivity contribution in [1.82, 2.24) is 15.0 Å². The molecule has 0 N–H and O–H groups in total. The molecule has 0 fully saturated rings. The second kappa shape index (κ2) is 6.39. The number of rotatable bonds is 4. The van der Waals surface area contributed by atoms with Crippen molar-refractivity contribution in [2.24, 2.45) is 5.92 Å². The number of hydrogen-bond acceptors (Lipinski definition) is 6. The fourth-order valence-corrected chi connectivity index (χ4v) is 4.18. The molecule has 6 nitrogen and oxygen atoms in total. The molecule has 3 rings (SSSR count).